The van der Waals surface area contributed by atoms with Crippen molar-refractivity contribution < 1.29 is 4.79 Å². The molecule has 0 aliphatic carbocycles. The van der Waals surface area contributed by atoms with Crippen LogP contribution in [0.4, 0.5) is 5.69 Å². The molecule has 0 heterocycles. The third-order valence-corrected chi connectivity index (χ3v) is 3.71. The first-order chi connectivity index (χ1) is 9.13. The van der Waals surface area contributed by atoms with E-state index in [-0.39, 0.29) is 5.91 Å². The number of carbonyl (C=O) groups is 1. The largest absolute Gasteiger partial charge is 0.311 e. The minimum absolute atomic E-state index is 0.0833. The Morgan fingerprint density at radius 1 is 1.21 bits per heavy atom. The molecule has 0 saturated carbocycles. The second-order valence-electron chi connectivity index (χ2n) is 4.01. The summed E-state index contributed by atoms with van der Waals surface area (Å²) in [5.41, 5.74) is 1.91. The minimum Gasteiger partial charge on any atom is -0.311 e. The number of anilines is 1. The summed E-state index contributed by atoms with van der Waals surface area (Å²) in [6.45, 7) is 0. The number of benzene rings is 2. The first-order valence-corrected chi connectivity index (χ1v) is 6.74. The van der Waals surface area contributed by atoms with Crippen LogP contribution in [0.3, 0.4) is 0 Å². The van der Waals surface area contributed by atoms with Crippen molar-refractivity contribution in [3.8, 4) is 6.07 Å². The highest BCUT2D eigenvalue weighted by atomic mass is 127. The molecular formula is C15H11IN2O. The third kappa shape index (κ3) is 2.93. The summed E-state index contributed by atoms with van der Waals surface area (Å²) >= 11 is 2.14. The van der Waals surface area contributed by atoms with E-state index in [1.807, 2.05) is 24.3 Å². The molecular weight excluding hydrogens is 351 g/mol. The van der Waals surface area contributed by atoms with Gasteiger partial charge in [0, 0.05) is 16.3 Å². The van der Waals surface area contributed by atoms with Crippen molar-refractivity contribution in [3.05, 3.63) is 63.2 Å². The lowest BCUT2D eigenvalue weighted by atomic mass is 10.1. The van der Waals surface area contributed by atoms with E-state index < -0.39 is 0 Å². The van der Waals surface area contributed by atoms with Gasteiger partial charge in [0.1, 0.15) is 0 Å². The van der Waals surface area contributed by atoms with Crippen LogP contribution < -0.4 is 4.90 Å². The van der Waals surface area contributed by atoms with E-state index >= 15 is 0 Å². The summed E-state index contributed by atoms with van der Waals surface area (Å²) in [6, 6.07) is 16.5. The molecule has 0 N–H and O–H groups in total. The molecule has 0 fully saturated rings. The van der Waals surface area contributed by atoms with Gasteiger partial charge in [0.2, 0.25) is 0 Å². The van der Waals surface area contributed by atoms with Gasteiger partial charge in [-0.1, -0.05) is 18.2 Å². The summed E-state index contributed by atoms with van der Waals surface area (Å²) in [5, 5.41) is 8.89. The summed E-state index contributed by atoms with van der Waals surface area (Å²) in [7, 11) is 1.71. The quantitative estimate of drug-likeness (QED) is 0.769. The Balaban J connectivity index is 2.34. The smallest absolute Gasteiger partial charge is 0.259 e. The van der Waals surface area contributed by atoms with Crippen LogP contribution in [0.15, 0.2) is 48.5 Å². The SMILES string of the molecule is CN(C(=O)c1ccccc1I)c1cccc(C#N)c1. The fourth-order valence-corrected chi connectivity index (χ4v) is 2.33. The van der Waals surface area contributed by atoms with Gasteiger partial charge in [0.15, 0.2) is 0 Å². The van der Waals surface area contributed by atoms with Gasteiger partial charge >= 0.3 is 0 Å². The number of amides is 1. The van der Waals surface area contributed by atoms with Crippen molar-refractivity contribution in [1.29, 1.82) is 5.26 Å². The number of hydrogen-bond donors (Lipinski definition) is 0. The van der Waals surface area contributed by atoms with Gasteiger partial charge in [-0.25, -0.2) is 0 Å². The van der Waals surface area contributed by atoms with Gasteiger partial charge in [-0.05, 0) is 52.9 Å². The van der Waals surface area contributed by atoms with Crippen LogP contribution in [0, 0.1) is 14.9 Å². The fourth-order valence-electron chi connectivity index (χ4n) is 1.72. The topological polar surface area (TPSA) is 44.1 Å². The van der Waals surface area contributed by atoms with Gasteiger partial charge in [-0.2, -0.15) is 5.26 Å². The van der Waals surface area contributed by atoms with Crippen LogP contribution in [0.5, 0.6) is 0 Å². The molecule has 0 aliphatic heterocycles. The summed E-state index contributed by atoms with van der Waals surface area (Å²) in [6.07, 6.45) is 0. The van der Waals surface area contributed by atoms with Crippen molar-refractivity contribution in [2.24, 2.45) is 0 Å². The van der Waals surface area contributed by atoms with Crippen molar-refractivity contribution in [2.75, 3.05) is 11.9 Å². The first kappa shape index (κ1) is 13.6. The maximum absolute atomic E-state index is 12.4. The number of nitrogens with zero attached hydrogens (tertiary/aromatic N) is 2. The zero-order valence-electron chi connectivity index (χ0n) is 10.3. The maximum Gasteiger partial charge on any atom is 0.259 e. The standard InChI is InChI=1S/C15H11IN2O/c1-18(12-6-4-5-11(9-12)10-17)15(19)13-7-2-3-8-14(13)16/h2-9H,1H3. The molecule has 4 heteroatoms. The normalized spacial score (nSPS) is 9.74. The van der Waals surface area contributed by atoms with Crippen molar-refractivity contribution in [2.45, 2.75) is 0 Å². The molecule has 94 valence electrons. The number of nitriles is 1. The molecule has 3 nitrogen and oxygen atoms in total. The molecule has 2 aromatic rings. The lowest BCUT2D eigenvalue weighted by Gasteiger charge is -2.18. The van der Waals surface area contributed by atoms with Crippen molar-refractivity contribution >= 4 is 34.2 Å². The number of halogens is 1. The van der Waals surface area contributed by atoms with E-state index in [0.717, 1.165) is 3.57 Å². The lowest BCUT2D eigenvalue weighted by Crippen LogP contribution is -2.26. The molecule has 0 unspecified atom stereocenters. The zero-order valence-corrected chi connectivity index (χ0v) is 12.5. The predicted molar refractivity (Wildman–Crippen MR) is 83.0 cm³/mol. The molecule has 0 aromatic heterocycles. The van der Waals surface area contributed by atoms with E-state index in [4.69, 9.17) is 5.26 Å². The van der Waals surface area contributed by atoms with E-state index in [9.17, 15) is 4.79 Å². The highest BCUT2D eigenvalue weighted by Gasteiger charge is 2.15. The molecule has 0 saturated heterocycles. The predicted octanol–water partition coefficient (Wildman–Crippen LogP) is 3.44. The second-order valence-corrected chi connectivity index (χ2v) is 5.17. The van der Waals surface area contributed by atoms with Gasteiger partial charge in [-0.15, -0.1) is 0 Å². The highest BCUT2D eigenvalue weighted by molar-refractivity contribution is 14.1. The zero-order chi connectivity index (χ0) is 13.8. The summed E-state index contributed by atoms with van der Waals surface area (Å²) in [5.74, 6) is -0.0833. The number of hydrogen-bond acceptors (Lipinski definition) is 2. The second kappa shape index (κ2) is 5.85. The molecule has 1 amide bonds. The van der Waals surface area contributed by atoms with Crippen LogP contribution in [-0.2, 0) is 0 Å². The summed E-state index contributed by atoms with van der Waals surface area (Å²) < 4.78 is 0.911. The number of rotatable bonds is 2. The van der Waals surface area contributed by atoms with Crippen LogP contribution in [0.1, 0.15) is 15.9 Å². The van der Waals surface area contributed by atoms with Crippen LogP contribution in [-0.4, -0.2) is 13.0 Å². The van der Waals surface area contributed by atoms with Gasteiger partial charge in [0.25, 0.3) is 5.91 Å². The number of carbonyl (C=O) groups excluding carboxylic acids is 1. The fraction of sp³-hybridized carbons (Fsp3) is 0.0667. The van der Waals surface area contributed by atoms with Crippen molar-refractivity contribution in [3.63, 3.8) is 0 Å². The van der Waals surface area contributed by atoms with Crippen LogP contribution in [0.25, 0.3) is 0 Å². The van der Waals surface area contributed by atoms with Crippen molar-refractivity contribution in [1.82, 2.24) is 0 Å². The summed E-state index contributed by atoms with van der Waals surface area (Å²) in [4.78, 5) is 14.0. The first-order valence-electron chi connectivity index (χ1n) is 5.66. The Labute approximate surface area is 125 Å². The van der Waals surface area contributed by atoms with E-state index in [0.29, 0.717) is 16.8 Å². The Bertz CT molecular complexity index is 661. The molecule has 0 aliphatic rings. The highest BCUT2D eigenvalue weighted by Crippen LogP contribution is 2.19. The Morgan fingerprint density at radius 2 is 1.95 bits per heavy atom. The average Bonchev–Trinajstić information content (AvgIpc) is 2.46. The minimum atomic E-state index is -0.0833. The molecule has 0 atom stereocenters. The Morgan fingerprint density at radius 3 is 2.63 bits per heavy atom. The lowest BCUT2D eigenvalue weighted by molar-refractivity contribution is 0.0992. The van der Waals surface area contributed by atoms with Crippen LogP contribution in [0.2, 0.25) is 0 Å². The molecule has 0 radical (unpaired) electrons. The Hall–Kier alpha value is -1.87. The maximum atomic E-state index is 12.4. The molecule has 0 bridgehead atoms. The Kier molecular flexibility index (Phi) is 4.17. The monoisotopic (exact) mass is 362 g/mol. The van der Waals surface area contributed by atoms with Gasteiger partial charge < -0.3 is 4.90 Å². The van der Waals surface area contributed by atoms with E-state index in [1.165, 1.54) is 0 Å². The van der Waals surface area contributed by atoms with Gasteiger partial charge in [0.05, 0.1) is 17.2 Å². The third-order valence-electron chi connectivity index (χ3n) is 2.77. The molecule has 2 aromatic carbocycles. The molecule has 2 rings (SSSR count). The average molecular weight is 362 g/mol. The van der Waals surface area contributed by atoms with Gasteiger partial charge in [-0.3, -0.25) is 4.79 Å². The van der Waals surface area contributed by atoms with E-state index in [2.05, 4.69) is 28.7 Å². The van der Waals surface area contributed by atoms with E-state index in [1.54, 1.807) is 36.2 Å². The molecule has 0 spiro atoms. The molecule has 19 heavy (non-hydrogen) atoms. The van der Waals surface area contributed by atoms with Crippen LogP contribution >= 0.6 is 22.6 Å².